The van der Waals surface area contributed by atoms with Crippen molar-refractivity contribution in [3.8, 4) is 11.5 Å². The van der Waals surface area contributed by atoms with Crippen LogP contribution in [0.2, 0.25) is 0 Å². The average molecular weight is 496 g/mol. The van der Waals surface area contributed by atoms with Gasteiger partial charge in [0.2, 0.25) is 11.9 Å². The average Bonchev–Trinajstić information content (AvgIpc) is 2.83. The van der Waals surface area contributed by atoms with Crippen molar-refractivity contribution in [2.45, 2.75) is 25.2 Å². The highest BCUT2D eigenvalue weighted by atomic mass is 19.4. The SMILES string of the molecule is N=CC1CCCN(c2nc(Nc3ccnc(C(F)(F)F)c3)nc(-c3cccc(C(F)(F)F)n3)n2)C1. The largest absolute Gasteiger partial charge is 0.433 e. The summed E-state index contributed by atoms with van der Waals surface area (Å²) in [5.74, 6) is -0.332. The van der Waals surface area contributed by atoms with E-state index >= 15 is 0 Å². The number of hydrogen-bond donors (Lipinski definition) is 2. The summed E-state index contributed by atoms with van der Waals surface area (Å²) in [6, 6.07) is 5.29. The van der Waals surface area contributed by atoms with Gasteiger partial charge in [-0.3, -0.25) is 4.98 Å². The van der Waals surface area contributed by atoms with Crippen LogP contribution in [0, 0.1) is 11.3 Å². The molecular weight excluding hydrogens is 478 g/mol. The lowest BCUT2D eigenvalue weighted by molar-refractivity contribution is -0.141. The second kappa shape index (κ2) is 9.43. The number of piperidine rings is 1. The molecule has 0 radical (unpaired) electrons. The monoisotopic (exact) mass is 496 g/mol. The van der Waals surface area contributed by atoms with Crippen molar-refractivity contribution in [3.63, 3.8) is 0 Å². The maximum absolute atomic E-state index is 13.2. The number of aromatic nitrogens is 5. The second-order valence-corrected chi connectivity index (χ2v) is 7.76. The number of hydrogen-bond acceptors (Lipinski definition) is 8. The Balaban J connectivity index is 1.76. The summed E-state index contributed by atoms with van der Waals surface area (Å²) in [7, 11) is 0. The normalized spacial score (nSPS) is 16.7. The van der Waals surface area contributed by atoms with Crippen molar-refractivity contribution in [2.24, 2.45) is 5.92 Å². The Hall–Kier alpha value is -3.84. The molecule has 184 valence electrons. The number of rotatable bonds is 5. The van der Waals surface area contributed by atoms with Crippen LogP contribution in [0.25, 0.3) is 11.5 Å². The van der Waals surface area contributed by atoms with Gasteiger partial charge in [-0.2, -0.15) is 41.3 Å². The van der Waals surface area contributed by atoms with E-state index in [1.54, 1.807) is 4.90 Å². The van der Waals surface area contributed by atoms with E-state index in [4.69, 9.17) is 5.41 Å². The quantitative estimate of drug-likeness (QED) is 0.380. The molecule has 3 aromatic rings. The van der Waals surface area contributed by atoms with E-state index in [2.05, 4.69) is 30.2 Å². The lowest BCUT2D eigenvalue weighted by atomic mass is 10.00. The standard InChI is InChI=1S/C21H18F6N8/c22-20(23,24)15-5-1-4-14(31-15)17-32-18(30-13-6-7-29-16(9-13)21(25,26)27)34-19(33-17)35-8-2-3-12(10-28)11-35/h1,4-7,9-10,12,28H,2-3,8,11H2,(H,29,30,32,33,34). The fraction of sp³-hybridized carbons (Fsp3) is 0.333. The van der Waals surface area contributed by atoms with Crippen LogP contribution in [0.3, 0.4) is 0 Å². The van der Waals surface area contributed by atoms with E-state index < -0.39 is 23.7 Å². The van der Waals surface area contributed by atoms with Crippen molar-refractivity contribution in [1.82, 2.24) is 24.9 Å². The molecule has 0 aliphatic carbocycles. The topological polar surface area (TPSA) is 104 Å². The first kappa shape index (κ1) is 24.3. The number of alkyl halides is 6. The lowest BCUT2D eigenvalue weighted by Crippen LogP contribution is -2.37. The predicted molar refractivity (Wildman–Crippen MR) is 114 cm³/mol. The molecule has 14 heteroatoms. The fourth-order valence-electron chi connectivity index (χ4n) is 3.51. The van der Waals surface area contributed by atoms with Crippen molar-refractivity contribution >= 4 is 23.8 Å². The van der Waals surface area contributed by atoms with Gasteiger partial charge in [-0.1, -0.05) is 6.07 Å². The highest BCUT2D eigenvalue weighted by Crippen LogP contribution is 2.31. The molecule has 1 fully saturated rings. The van der Waals surface area contributed by atoms with Crippen LogP contribution >= 0.6 is 0 Å². The van der Waals surface area contributed by atoms with Crippen LogP contribution in [0.1, 0.15) is 24.2 Å². The van der Waals surface area contributed by atoms with Gasteiger partial charge in [-0.15, -0.1) is 0 Å². The minimum atomic E-state index is -4.69. The molecule has 1 saturated heterocycles. The molecule has 1 unspecified atom stereocenters. The molecule has 0 bridgehead atoms. The summed E-state index contributed by atoms with van der Waals surface area (Å²) in [6.45, 7) is 0.923. The number of pyridine rings is 2. The molecule has 2 N–H and O–H groups in total. The Labute approximate surface area is 195 Å². The first-order chi connectivity index (χ1) is 16.5. The fourth-order valence-corrected chi connectivity index (χ4v) is 3.51. The summed E-state index contributed by atoms with van der Waals surface area (Å²) in [4.78, 5) is 21.3. The van der Waals surface area contributed by atoms with Crippen LogP contribution in [-0.4, -0.2) is 44.2 Å². The van der Waals surface area contributed by atoms with Gasteiger partial charge in [0, 0.05) is 37.1 Å². The minimum Gasteiger partial charge on any atom is -0.340 e. The van der Waals surface area contributed by atoms with E-state index in [1.165, 1.54) is 18.3 Å². The molecule has 0 spiro atoms. The van der Waals surface area contributed by atoms with Gasteiger partial charge in [0.1, 0.15) is 17.1 Å². The summed E-state index contributed by atoms with van der Waals surface area (Å²) < 4.78 is 78.7. The third-order valence-electron chi connectivity index (χ3n) is 5.18. The van der Waals surface area contributed by atoms with E-state index in [1.807, 2.05) is 0 Å². The zero-order valence-corrected chi connectivity index (χ0v) is 17.9. The van der Waals surface area contributed by atoms with Gasteiger partial charge in [-0.05, 0) is 37.1 Å². The molecule has 3 aromatic heterocycles. The number of halogens is 6. The molecule has 1 aliphatic heterocycles. The molecule has 0 saturated carbocycles. The predicted octanol–water partition coefficient (Wildman–Crippen LogP) is 4.98. The van der Waals surface area contributed by atoms with Crippen LogP contribution in [0.4, 0.5) is 43.9 Å². The van der Waals surface area contributed by atoms with Crippen molar-refractivity contribution in [3.05, 3.63) is 47.9 Å². The number of anilines is 3. The van der Waals surface area contributed by atoms with Gasteiger partial charge < -0.3 is 15.6 Å². The van der Waals surface area contributed by atoms with E-state index in [0.717, 1.165) is 37.2 Å². The van der Waals surface area contributed by atoms with Crippen LogP contribution in [-0.2, 0) is 12.4 Å². The maximum atomic E-state index is 13.2. The molecule has 0 aromatic carbocycles. The van der Waals surface area contributed by atoms with Gasteiger partial charge in [-0.25, -0.2) is 4.98 Å². The zero-order chi connectivity index (χ0) is 25.2. The smallest absolute Gasteiger partial charge is 0.340 e. The third kappa shape index (κ3) is 5.81. The first-order valence-corrected chi connectivity index (χ1v) is 10.4. The minimum absolute atomic E-state index is 0.0246. The summed E-state index contributed by atoms with van der Waals surface area (Å²) in [6.07, 6.45) is -5.59. The van der Waals surface area contributed by atoms with Gasteiger partial charge in [0.15, 0.2) is 5.82 Å². The number of nitrogens with one attached hydrogen (secondary N) is 2. The molecule has 35 heavy (non-hydrogen) atoms. The molecule has 8 nitrogen and oxygen atoms in total. The first-order valence-electron chi connectivity index (χ1n) is 10.4. The van der Waals surface area contributed by atoms with Crippen molar-refractivity contribution in [1.29, 1.82) is 5.41 Å². The van der Waals surface area contributed by atoms with E-state index in [-0.39, 0.29) is 35.0 Å². The summed E-state index contributed by atoms with van der Waals surface area (Å²) in [5.41, 5.74) is -2.49. The molecule has 0 amide bonds. The van der Waals surface area contributed by atoms with Crippen LogP contribution in [0.5, 0.6) is 0 Å². The highest BCUT2D eigenvalue weighted by molar-refractivity contribution is 5.61. The molecule has 1 aliphatic rings. The molecular formula is C21H18F6N8. The summed E-state index contributed by atoms with van der Waals surface area (Å²) in [5, 5.41) is 10.2. The van der Waals surface area contributed by atoms with Crippen molar-refractivity contribution in [2.75, 3.05) is 23.3 Å². The summed E-state index contributed by atoms with van der Waals surface area (Å²) >= 11 is 0. The molecule has 4 rings (SSSR count). The Kier molecular flexibility index (Phi) is 6.54. The second-order valence-electron chi connectivity index (χ2n) is 7.76. The Morgan fingerprint density at radius 1 is 0.971 bits per heavy atom. The van der Waals surface area contributed by atoms with Crippen LogP contribution < -0.4 is 10.2 Å². The van der Waals surface area contributed by atoms with Gasteiger partial charge >= 0.3 is 12.4 Å². The van der Waals surface area contributed by atoms with Crippen molar-refractivity contribution < 1.29 is 26.3 Å². The highest BCUT2D eigenvalue weighted by Gasteiger charge is 2.34. The van der Waals surface area contributed by atoms with E-state index in [0.29, 0.717) is 13.1 Å². The number of nitrogens with zero attached hydrogens (tertiary/aromatic N) is 6. The van der Waals surface area contributed by atoms with Gasteiger partial charge in [0.25, 0.3) is 0 Å². The Morgan fingerprint density at radius 3 is 2.46 bits per heavy atom. The Morgan fingerprint density at radius 2 is 1.74 bits per heavy atom. The lowest BCUT2D eigenvalue weighted by Gasteiger charge is -2.31. The van der Waals surface area contributed by atoms with E-state index in [9.17, 15) is 26.3 Å². The van der Waals surface area contributed by atoms with Crippen LogP contribution in [0.15, 0.2) is 36.5 Å². The maximum Gasteiger partial charge on any atom is 0.433 e. The molecule has 1 atom stereocenters. The zero-order valence-electron chi connectivity index (χ0n) is 17.9. The molecule has 4 heterocycles. The van der Waals surface area contributed by atoms with Gasteiger partial charge in [0.05, 0.1) is 0 Å². The Bertz CT molecular complexity index is 1210. The third-order valence-corrected chi connectivity index (χ3v) is 5.18.